The van der Waals surface area contributed by atoms with Crippen LogP contribution in [0.1, 0.15) is 0 Å². The van der Waals surface area contributed by atoms with Gasteiger partial charge >= 0.3 is 49.8 Å². The smallest absolute Gasteiger partial charge is 0.0622 e. The molecule has 0 atom stereocenters. The standard InChI is InChI=1S/2C17H14P.Co.F6P/c2*1-3-9-15(10-4-1)18(17-13-7-8-14-17)16-11-5-2-6-12-16;;1-7(2,3,4,5)6/h2*1-14H;;/q;;+3;-1. The van der Waals surface area contributed by atoms with E-state index < -0.39 is 23.7 Å². The van der Waals surface area contributed by atoms with E-state index in [9.17, 15) is 25.2 Å². The number of hydrogen-bond donors (Lipinski definition) is 0. The topological polar surface area (TPSA) is 0 Å². The molecule has 10 radical (unpaired) electrons. The van der Waals surface area contributed by atoms with Crippen molar-refractivity contribution in [2.24, 2.45) is 0 Å². The average molecular weight is 702 g/mol. The SMILES string of the molecule is F[P-](F)(F)(F)(F)F.[CH]1[CH][CH][C](P(c2ccccc2)c2ccccc2)[CH]1.[CH]1[CH][CH][C](P(c2ccccc2)c2ccccc2)[CH]1.[Co+3]. The number of hydrogen-bond acceptors (Lipinski definition) is 0. The monoisotopic (exact) mass is 702 g/mol. The van der Waals surface area contributed by atoms with E-state index in [4.69, 9.17) is 0 Å². The van der Waals surface area contributed by atoms with Crippen LogP contribution >= 0.6 is 23.7 Å². The number of rotatable bonds is 6. The van der Waals surface area contributed by atoms with Crippen LogP contribution < -0.4 is 21.2 Å². The van der Waals surface area contributed by atoms with Gasteiger partial charge in [0.25, 0.3) is 0 Å². The maximum atomic E-state index is 9.87. The minimum Gasteiger partial charge on any atom is -0.0622 e. The van der Waals surface area contributed by atoms with Gasteiger partial charge in [-0.05, 0) is 88.4 Å². The molecule has 0 amide bonds. The summed E-state index contributed by atoms with van der Waals surface area (Å²) in [5, 5.41) is 5.63. The fourth-order valence-corrected chi connectivity index (χ4v) is 8.84. The van der Waals surface area contributed by atoms with Crippen LogP contribution in [-0.2, 0) is 16.8 Å². The molecule has 4 aromatic rings. The van der Waals surface area contributed by atoms with E-state index in [-0.39, 0.29) is 16.8 Å². The largest absolute Gasteiger partial charge is 3.00 e. The summed E-state index contributed by atoms with van der Waals surface area (Å²) in [5.41, 5.74) is 2.84. The quantitative estimate of drug-likeness (QED) is 0.139. The Morgan fingerprint density at radius 2 is 0.523 bits per heavy atom. The summed E-state index contributed by atoms with van der Waals surface area (Å²) in [7, 11) is -11.5. The number of benzene rings is 4. The number of halogens is 6. The minimum absolute atomic E-state index is 0. The third-order valence-corrected chi connectivity index (χ3v) is 10.8. The Morgan fingerprint density at radius 3 is 0.705 bits per heavy atom. The van der Waals surface area contributed by atoms with E-state index in [1.807, 2.05) is 0 Å². The summed E-state index contributed by atoms with van der Waals surface area (Å²) in [4.78, 5) is 0. The first kappa shape index (κ1) is 36.7. The van der Waals surface area contributed by atoms with Crippen molar-refractivity contribution in [2.75, 3.05) is 0 Å². The van der Waals surface area contributed by atoms with Crippen molar-refractivity contribution in [3.63, 3.8) is 0 Å². The first-order valence-corrected chi connectivity index (χ1v) is 17.9. The Hall–Kier alpha value is -1.74. The summed E-state index contributed by atoms with van der Waals surface area (Å²) in [5.74, 6) is 0. The van der Waals surface area contributed by atoms with Crippen LogP contribution in [0.15, 0.2) is 121 Å². The Bertz CT molecular complexity index is 1180. The van der Waals surface area contributed by atoms with E-state index in [1.165, 1.54) is 32.5 Å². The Balaban J connectivity index is 0.000000196. The summed E-state index contributed by atoms with van der Waals surface area (Å²) in [6.45, 7) is 0. The molecular formula is C34H28CoF6P3+2. The molecule has 0 aliphatic heterocycles. The van der Waals surface area contributed by atoms with Crippen LogP contribution in [0.3, 0.4) is 0 Å². The molecular weight excluding hydrogens is 674 g/mol. The van der Waals surface area contributed by atoms with Crippen LogP contribution in [0.5, 0.6) is 0 Å². The molecule has 0 saturated heterocycles. The van der Waals surface area contributed by atoms with Gasteiger partial charge in [-0.15, -0.1) is 0 Å². The van der Waals surface area contributed by atoms with Gasteiger partial charge in [-0.25, -0.2) is 0 Å². The molecule has 2 saturated carbocycles. The van der Waals surface area contributed by atoms with Gasteiger partial charge in [-0.3, -0.25) is 0 Å². The van der Waals surface area contributed by atoms with Crippen molar-refractivity contribution in [3.05, 3.63) is 184 Å². The molecule has 0 spiro atoms. The molecule has 44 heavy (non-hydrogen) atoms. The van der Waals surface area contributed by atoms with Gasteiger partial charge in [0.1, 0.15) is 0 Å². The molecule has 0 aromatic heterocycles. The van der Waals surface area contributed by atoms with Crippen LogP contribution in [0.25, 0.3) is 0 Å². The first-order chi connectivity index (χ1) is 20.3. The van der Waals surface area contributed by atoms with Gasteiger partial charge in [0.05, 0.1) is 0 Å². The Morgan fingerprint density at radius 1 is 0.341 bits per heavy atom. The fraction of sp³-hybridized carbons (Fsp3) is 0. The van der Waals surface area contributed by atoms with Crippen LogP contribution in [0.4, 0.5) is 25.2 Å². The molecule has 6 rings (SSSR count). The zero-order valence-electron chi connectivity index (χ0n) is 23.1. The summed E-state index contributed by atoms with van der Waals surface area (Å²) >= 11 is 0. The second kappa shape index (κ2) is 15.7. The van der Waals surface area contributed by atoms with Gasteiger partial charge in [0, 0.05) is 11.3 Å². The molecule has 2 aliphatic carbocycles. The summed E-state index contributed by atoms with van der Waals surface area (Å²) in [6, 6.07) is 43.1. The predicted octanol–water partition coefficient (Wildman–Crippen LogP) is 10.3. The fourth-order valence-electron chi connectivity index (χ4n) is 4.23. The van der Waals surface area contributed by atoms with E-state index >= 15 is 0 Å². The first-order valence-electron chi connectivity index (χ1n) is 13.2. The van der Waals surface area contributed by atoms with Crippen molar-refractivity contribution in [1.29, 1.82) is 0 Å². The molecule has 0 N–H and O–H groups in total. The maximum Gasteiger partial charge on any atom is 3.00 e. The predicted molar refractivity (Wildman–Crippen MR) is 173 cm³/mol. The average Bonchev–Trinajstić information content (AvgIpc) is 3.70. The Labute approximate surface area is 270 Å². The molecule has 0 heterocycles. The summed E-state index contributed by atoms with van der Waals surface area (Å²) in [6.07, 6.45) is 17.4. The van der Waals surface area contributed by atoms with Crippen molar-refractivity contribution >= 4 is 44.9 Å². The zero-order chi connectivity index (χ0) is 30.8. The zero-order valence-corrected chi connectivity index (χ0v) is 26.8. The van der Waals surface area contributed by atoms with Crippen molar-refractivity contribution in [3.8, 4) is 0 Å². The molecule has 2 fully saturated rings. The third kappa shape index (κ3) is 13.3. The second-order valence-corrected chi connectivity index (χ2v) is 15.6. The second-order valence-electron chi connectivity index (χ2n) is 9.26. The van der Waals surface area contributed by atoms with Crippen molar-refractivity contribution in [2.45, 2.75) is 0 Å². The van der Waals surface area contributed by atoms with E-state index in [0.29, 0.717) is 0 Å². The minimum atomic E-state index is -10.7. The van der Waals surface area contributed by atoms with Gasteiger partial charge in [-0.2, -0.15) is 0 Å². The molecule has 0 unspecified atom stereocenters. The maximum absolute atomic E-state index is 10.7. The third-order valence-electron chi connectivity index (χ3n) is 5.86. The van der Waals surface area contributed by atoms with E-state index in [1.54, 1.807) is 0 Å². The normalized spacial score (nSPS) is 17.0. The molecule has 2 aliphatic rings. The van der Waals surface area contributed by atoms with E-state index in [0.717, 1.165) is 0 Å². The Kier molecular flexibility index (Phi) is 13.1. The van der Waals surface area contributed by atoms with Gasteiger partial charge in [-0.1, -0.05) is 121 Å². The van der Waals surface area contributed by atoms with Crippen molar-refractivity contribution in [1.82, 2.24) is 0 Å². The molecule has 0 bridgehead atoms. The van der Waals surface area contributed by atoms with Crippen LogP contribution in [0.2, 0.25) is 0 Å². The molecule has 0 nitrogen and oxygen atoms in total. The molecule has 228 valence electrons. The molecule has 4 aromatic carbocycles. The van der Waals surface area contributed by atoms with Gasteiger partial charge < -0.3 is 0 Å². The van der Waals surface area contributed by atoms with E-state index in [2.05, 4.69) is 173 Å². The van der Waals surface area contributed by atoms with Crippen LogP contribution in [-0.4, -0.2) is 0 Å². The van der Waals surface area contributed by atoms with Gasteiger partial charge in [0.15, 0.2) is 0 Å². The van der Waals surface area contributed by atoms with Crippen LogP contribution in [0, 0.1) is 62.7 Å². The summed E-state index contributed by atoms with van der Waals surface area (Å²) < 4.78 is 59.2. The molecule has 10 heteroatoms. The van der Waals surface area contributed by atoms with Gasteiger partial charge in [0.2, 0.25) is 0 Å². The van der Waals surface area contributed by atoms with Crippen molar-refractivity contribution < 1.29 is 42.0 Å².